The molecule has 1 fully saturated rings. The van der Waals surface area contributed by atoms with E-state index < -0.39 is 21.6 Å². The lowest BCUT2D eigenvalue weighted by Gasteiger charge is -2.36. The summed E-state index contributed by atoms with van der Waals surface area (Å²) >= 11 is 1.13. The van der Waals surface area contributed by atoms with Crippen LogP contribution in [0.25, 0.3) is 0 Å². The largest absolute Gasteiger partial charge is 0.508 e. The van der Waals surface area contributed by atoms with Gasteiger partial charge < -0.3 is 5.11 Å². The molecule has 0 aliphatic carbocycles. The highest BCUT2D eigenvalue weighted by molar-refractivity contribution is 8.00. The highest BCUT2D eigenvalue weighted by Gasteiger charge is 2.44. The van der Waals surface area contributed by atoms with E-state index in [-0.39, 0.29) is 12.2 Å². The van der Waals surface area contributed by atoms with Gasteiger partial charge in [-0.1, -0.05) is 11.8 Å². The zero-order chi connectivity index (χ0) is 12.6. The van der Waals surface area contributed by atoms with Crippen molar-refractivity contribution in [1.82, 2.24) is 4.31 Å². The van der Waals surface area contributed by atoms with Crippen LogP contribution in [0.5, 0.6) is 5.75 Å². The Morgan fingerprint density at radius 2 is 1.88 bits per heavy atom. The summed E-state index contributed by atoms with van der Waals surface area (Å²) in [6, 6.07) is 6.12. The number of β-lactam (4-membered cyclic amide) rings is 1. The lowest BCUT2D eigenvalue weighted by molar-refractivity contribution is -0.134. The van der Waals surface area contributed by atoms with E-state index in [0.717, 1.165) is 11.8 Å². The summed E-state index contributed by atoms with van der Waals surface area (Å²) in [6.07, 6.45) is 0.0608. The maximum Gasteiger partial charge on any atom is 0.363 e. The van der Waals surface area contributed by atoms with Crippen molar-refractivity contribution in [2.75, 3.05) is 0 Å². The Labute approximate surface area is 102 Å². The fourth-order valence-corrected chi connectivity index (χ4v) is 3.62. The predicted octanol–water partition coefficient (Wildman–Crippen LogP) is 0.846. The number of aromatic hydroxyl groups is 1. The van der Waals surface area contributed by atoms with Crippen molar-refractivity contribution in [1.29, 1.82) is 0 Å². The number of carbonyl (C=O) groups excluding carboxylic acids is 1. The highest BCUT2D eigenvalue weighted by Crippen LogP contribution is 2.36. The molecule has 92 valence electrons. The van der Waals surface area contributed by atoms with E-state index in [4.69, 9.17) is 9.66 Å². The minimum atomic E-state index is -4.48. The zero-order valence-corrected chi connectivity index (χ0v) is 10.1. The van der Waals surface area contributed by atoms with Gasteiger partial charge in [0.1, 0.15) is 11.1 Å². The second-order valence-corrected chi connectivity index (χ2v) is 5.98. The van der Waals surface area contributed by atoms with E-state index in [1.165, 1.54) is 12.1 Å². The van der Waals surface area contributed by atoms with Crippen molar-refractivity contribution in [2.24, 2.45) is 0 Å². The van der Waals surface area contributed by atoms with E-state index in [0.29, 0.717) is 9.20 Å². The van der Waals surface area contributed by atoms with Gasteiger partial charge in [0, 0.05) is 4.90 Å². The molecule has 1 aromatic rings. The summed E-state index contributed by atoms with van der Waals surface area (Å²) in [5, 5.41) is 8.45. The van der Waals surface area contributed by atoms with Crippen molar-refractivity contribution in [3.05, 3.63) is 24.3 Å². The molecule has 1 aliphatic heterocycles. The molecule has 2 N–H and O–H groups in total. The second kappa shape index (κ2) is 4.21. The molecule has 1 saturated heterocycles. The predicted molar refractivity (Wildman–Crippen MR) is 60.8 cm³/mol. The van der Waals surface area contributed by atoms with Gasteiger partial charge in [0.05, 0.1) is 6.42 Å². The summed E-state index contributed by atoms with van der Waals surface area (Å²) in [7, 11) is -4.48. The van der Waals surface area contributed by atoms with Gasteiger partial charge in [0.25, 0.3) is 0 Å². The Kier molecular flexibility index (Phi) is 3.02. The van der Waals surface area contributed by atoms with Crippen molar-refractivity contribution in [3.8, 4) is 5.75 Å². The molecule has 8 heteroatoms. The number of thioether (sulfide) groups is 1. The van der Waals surface area contributed by atoms with Crippen LogP contribution in [0.4, 0.5) is 0 Å². The summed E-state index contributed by atoms with van der Waals surface area (Å²) in [5.41, 5.74) is 0. The lowest BCUT2D eigenvalue weighted by atomic mass is 10.3. The SMILES string of the molecule is O=C1CC(Sc2ccc(O)cc2)N1S(=O)(=O)O. The molecular formula is C9H9NO5S2. The van der Waals surface area contributed by atoms with Gasteiger partial charge in [0.2, 0.25) is 5.91 Å². The normalized spacial score (nSPS) is 20.2. The molecule has 1 heterocycles. The summed E-state index contributed by atoms with van der Waals surface area (Å²) in [6.45, 7) is 0. The number of nitrogens with zero attached hydrogens (tertiary/aromatic N) is 1. The third kappa shape index (κ3) is 2.54. The van der Waals surface area contributed by atoms with Gasteiger partial charge in [0.15, 0.2) is 0 Å². The van der Waals surface area contributed by atoms with Crippen LogP contribution >= 0.6 is 11.8 Å². The molecule has 1 amide bonds. The third-order valence-electron chi connectivity index (χ3n) is 2.21. The van der Waals surface area contributed by atoms with Crippen molar-refractivity contribution in [2.45, 2.75) is 16.7 Å². The molecule has 0 saturated carbocycles. The first-order chi connectivity index (χ1) is 7.88. The number of hydrogen-bond donors (Lipinski definition) is 2. The Bertz CT molecular complexity index is 539. The van der Waals surface area contributed by atoms with Crippen LogP contribution in [0.3, 0.4) is 0 Å². The number of amides is 1. The molecule has 0 aromatic heterocycles. The molecule has 1 aliphatic rings. The fourth-order valence-electron chi connectivity index (χ4n) is 1.42. The van der Waals surface area contributed by atoms with Crippen LogP contribution in [0.1, 0.15) is 6.42 Å². The molecular weight excluding hydrogens is 266 g/mol. The first kappa shape index (κ1) is 12.2. The van der Waals surface area contributed by atoms with E-state index >= 15 is 0 Å². The first-order valence-electron chi connectivity index (χ1n) is 4.63. The van der Waals surface area contributed by atoms with Gasteiger partial charge in [-0.2, -0.15) is 8.42 Å². The van der Waals surface area contributed by atoms with Crippen LogP contribution in [-0.4, -0.2) is 33.7 Å². The average Bonchev–Trinajstić information content (AvgIpc) is 2.17. The van der Waals surface area contributed by atoms with Gasteiger partial charge >= 0.3 is 10.3 Å². The summed E-state index contributed by atoms with van der Waals surface area (Å²) in [5.74, 6) is -0.519. The van der Waals surface area contributed by atoms with E-state index in [9.17, 15) is 13.2 Å². The van der Waals surface area contributed by atoms with Crippen molar-refractivity contribution in [3.63, 3.8) is 0 Å². The van der Waals surface area contributed by atoms with E-state index in [1.54, 1.807) is 12.1 Å². The number of phenols is 1. The Balaban J connectivity index is 2.11. The molecule has 1 aromatic carbocycles. The smallest absolute Gasteiger partial charge is 0.363 e. The van der Waals surface area contributed by atoms with E-state index in [2.05, 4.69) is 0 Å². The summed E-state index contributed by atoms with van der Waals surface area (Å²) in [4.78, 5) is 11.8. The molecule has 0 spiro atoms. The van der Waals surface area contributed by atoms with Crippen molar-refractivity contribution < 1.29 is 22.9 Å². The number of hydrogen-bond acceptors (Lipinski definition) is 5. The van der Waals surface area contributed by atoms with Crippen LogP contribution in [0, 0.1) is 0 Å². The molecule has 17 heavy (non-hydrogen) atoms. The first-order valence-corrected chi connectivity index (χ1v) is 6.91. The van der Waals surface area contributed by atoms with Crippen LogP contribution in [0.15, 0.2) is 29.2 Å². The van der Waals surface area contributed by atoms with Gasteiger partial charge in [-0.3, -0.25) is 9.35 Å². The molecule has 1 unspecified atom stereocenters. The maximum absolute atomic E-state index is 11.1. The molecule has 6 nitrogen and oxygen atoms in total. The Hall–Kier alpha value is -1.25. The quantitative estimate of drug-likeness (QED) is 0.627. The monoisotopic (exact) mass is 275 g/mol. The lowest BCUT2D eigenvalue weighted by Crippen LogP contribution is -2.53. The number of phenolic OH excluding ortho intramolecular Hbond substituents is 1. The molecule has 2 rings (SSSR count). The Morgan fingerprint density at radius 3 is 2.35 bits per heavy atom. The minimum Gasteiger partial charge on any atom is -0.508 e. The van der Waals surface area contributed by atoms with Gasteiger partial charge in [-0.05, 0) is 24.3 Å². The van der Waals surface area contributed by atoms with Crippen LogP contribution < -0.4 is 0 Å². The van der Waals surface area contributed by atoms with Crippen LogP contribution in [0.2, 0.25) is 0 Å². The third-order valence-corrected chi connectivity index (χ3v) is 4.50. The van der Waals surface area contributed by atoms with Crippen molar-refractivity contribution >= 4 is 28.0 Å². The van der Waals surface area contributed by atoms with Gasteiger partial charge in [-0.25, -0.2) is 4.31 Å². The second-order valence-electron chi connectivity index (χ2n) is 3.44. The minimum absolute atomic E-state index is 0.0608. The highest BCUT2D eigenvalue weighted by atomic mass is 32.2. The topological polar surface area (TPSA) is 94.9 Å². The average molecular weight is 275 g/mol. The van der Waals surface area contributed by atoms with E-state index in [1.807, 2.05) is 0 Å². The zero-order valence-electron chi connectivity index (χ0n) is 8.48. The number of benzene rings is 1. The summed E-state index contributed by atoms with van der Waals surface area (Å²) < 4.78 is 31.0. The Morgan fingerprint density at radius 1 is 1.29 bits per heavy atom. The standard InChI is InChI=1S/C9H9NO5S2/c11-6-1-3-7(4-2-6)16-9-5-8(12)10(9)17(13,14)15/h1-4,9,11H,5H2,(H,13,14,15). The fraction of sp³-hybridized carbons (Fsp3) is 0.222. The molecule has 0 bridgehead atoms. The van der Waals surface area contributed by atoms with Crippen LogP contribution in [-0.2, 0) is 15.1 Å². The van der Waals surface area contributed by atoms with Gasteiger partial charge in [-0.15, -0.1) is 0 Å². The molecule has 0 radical (unpaired) electrons. The number of rotatable bonds is 3. The number of carbonyl (C=O) groups is 1. The molecule has 1 atom stereocenters. The maximum atomic E-state index is 11.1.